The average molecular weight is 183 g/mol. The van der Waals surface area contributed by atoms with Crippen LogP contribution in [0.25, 0.3) is 0 Å². The maximum Gasteiger partial charge on any atom is 0.322 e. The van der Waals surface area contributed by atoms with Crippen LogP contribution >= 0.6 is 0 Å². The van der Waals surface area contributed by atoms with E-state index in [9.17, 15) is 4.79 Å². The lowest BCUT2D eigenvalue weighted by Crippen LogP contribution is -2.36. The molecular formula is C10H17NO2. The highest BCUT2D eigenvalue weighted by molar-refractivity contribution is 5.76. The molecule has 13 heavy (non-hydrogen) atoms. The van der Waals surface area contributed by atoms with Crippen LogP contribution in [0, 0.1) is 5.92 Å². The zero-order valence-electron chi connectivity index (χ0n) is 8.25. The highest BCUT2D eigenvalue weighted by Gasteiger charge is 2.34. The first-order valence-corrected chi connectivity index (χ1v) is 4.63. The van der Waals surface area contributed by atoms with Gasteiger partial charge in [0.1, 0.15) is 6.04 Å². The van der Waals surface area contributed by atoms with Crippen LogP contribution in [0.15, 0.2) is 12.7 Å². The first-order chi connectivity index (χ1) is 6.19. The maximum absolute atomic E-state index is 11.2. The van der Waals surface area contributed by atoms with Gasteiger partial charge in [0.05, 0.1) is 7.11 Å². The molecule has 0 saturated carbocycles. The number of esters is 1. The Labute approximate surface area is 79.2 Å². The Balaban J connectivity index is 2.49. The molecule has 0 spiro atoms. The van der Waals surface area contributed by atoms with Crippen molar-refractivity contribution >= 4 is 5.97 Å². The van der Waals surface area contributed by atoms with E-state index in [1.165, 1.54) is 7.11 Å². The summed E-state index contributed by atoms with van der Waals surface area (Å²) in [6, 6.07) is 0.256. The molecule has 1 fully saturated rings. The summed E-state index contributed by atoms with van der Waals surface area (Å²) in [6.45, 7) is 5.84. The second-order valence-electron chi connectivity index (χ2n) is 3.59. The highest BCUT2D eigenvalue weighted by Crippen LogP contribution is 2.22. The van der Waals surface area contributed by atoms with Crippen LogP contribution in [0.5, 0.6) is 0 Å². The lowest BCUT2D eigenvalue weighted by molar-refractivity contribution is -0.142. The van der Waals surface area contributed by atoms with E-state index in [1.807, 2.05) is 6.08 Å². The Bertz CT molecular complexity index is 203. The van der Waals surface area contributed by atoms with Gasteiger partial charge < -0.3 is 10.1 Å². The highest BCUT2D eigenvalue weighted by atomic mass is 16.5. The summed E-state index contributed by atoms with van der Waals surface area (Å²) in [7, 11) is 1.43. The number of carbonyl (C=O) groups is 1. The van der Waals surface area contributed by atoms with Crippen molar-refractivity contribution in [2.45, 2.75) is 31.8 Å². The van der Waals surface area contributed by atoms with Gasteiger partial charge in [-0.25, -0.2) is 0 Å². The summed E-state index contributed by atoms with van der Waals surface area (Å²) in [5.74, 6) is 0.362. The molecule has 0 bridgehead atoms. The van der Waals surface area contributed by atoms with Crippen LogP contribution in [0.1, 0.15) is 19.8 Å². The number of hydrogen-bond donors (Lipinski definition) is 1. The molecule has 0 aliphatic carbocycles. The molecule has 74 valence electrons. The molecule has 1 heterocycles. The van der Waals surface area contributed by atoms with Crippen molar-refractivity contribution in [3.05, 3.63) is 12.7 Å². The number of ether oxygens (including phenoxy) is 1. The van der Waals surface area contributed by atoms with Crippen molar-refractivity contribution in [3.63, 3.8) is 0 Å². The molecule has 3 heteroatoms. The van der Waals surface area contributed by atoms with Gasteiger partial charge in [-0.1, -0.05) is 13.0 Å². The van der Waals surface area contributed by atoms with E-state index in [4.69, 9.17) is 0 Å². The lowest BCUT2D eigenvalue weighted by atomic mass is 9.99. The average Bonchev–Trinajstić information content (AvgIpc) is 2.47. The molecule has 0 amide bonds. The second kappa shape index (κ2) is 4.42. The predicted octanol–water partition coefficient (Wildman–Crippen LogP) is 1.10. The van der Waals surface area contributed by atoms with Gasteiger partial charge in [0.2, 0.25) is 0 Å². The SMILES string of the molecule is C=CC[C@@H]1N[C@@H](C(=O)OC)C[C@H]1C. The zero-order chi connectivity index (χ0) is 9.84. The lowest BCUT2D eigenvalue weighted by Gasteiger charge is -2.12. The van der Waals surface area contributed by atoms with Crippen molar-refractivity contribution in [2.75, 3.05) is 7.11 Å². The van der Waals surface area contributed by atoms with Gasteiger partial charge in [-0.3, -0.25) is 4.79 Å². The molecule has 1 aliphatic rings. The monoisotopic (exact) mass is 183 g/mol. The largest absolute Gasteiger partial charge is 0.468 e. The Hall–Kier alpha value is -0.830. The summed E-state index contributed by atoms with van der Waals surface area (Å²) in [5, 5.41) is 3.25. The predicted molar refractivity (Wildman–Crippen MR) is 51.3 cm³/mol. The van der Waals surface area contributed by atoms with Gasteiger partial charge in [-0.05, 0) is 18.8 Å². The first kappa shape index (κ1) is 10.3. The fourth-order valence-electron chi connectivity index (χ4n) is 1.81. The Morgan fingerprint density at radius 1 is 1.77 bits per heavy atom. The molecule has 1 aliphatic heterocycles. The molecule has 0 unspecified atom stereocenters. The van der Waals surface area contributed by atoms with Gasteiger partial charge in [0, 0.05) is 6.04 Å². The third-order valence-corrected chi connectivity index (χ3v) is 2.62. The second-order valence-corrected chi connectivity index (χ2v) is 3.59. The summed E-state index contributed by atoms with van der Waals surface area (Å²) in [5.41, 5.74) is 0. The normalized spacial score (nSPS) is 32.9. The van der Waals surface area contributed by atoms with Crippen LogP contribution in [0.4, 0.5) is 0 Å². The van der Waals surface area contributed by atoms with E-state index in [2.05, 4.69) is 23.6 Å². The maximum atomic E-state index is 11.2. The summed E-state index contributed by atoms with van der Waals surface area (Å²) >= 11 is 0. The Kier molecular flexibility index (Phi) is 3.48. The van der Waals surface area contributed by atoms with Gasteiger partial charge in [-0.2, -0.15) is 0 Å². The molecule has 3 nitrogen and oxygen atoms in total. The van der Waals surface area contributed by atoms with Crippen molar-refractivity contribution < 1.29 is 9.53 Å². The first-order valence-electron chi connectivity index (χ1n) is 4.63. The summed E-state index contributed by atoms with van der Waals surface area (Å²) in [6.07, 6.45) is 3.66. The van der Waals surface area contributed by atoms with Gasteiger partial charge in [-0.15, -0.1) is 6.58 Å². The summed E-state index contributed by atoms with van der Waals surface area (Å²) in [4.78, 5) is 11.2. The van der Waals surface area contributed by atoms with Gasteiger partial charge >= 0.3 is 5.97 Å². The molecule has 0 aromatic carbocycles. The topological polar surface area (TPSA) is 38.3 Å². The van der Waals surface area contributed by atoms with E-state index in [1.54, 1.807) is 0 Å². The smallest absolute Gasteiger partial charge is 0.322 e. The van der Waals surface area contributed by atoms with Crippen LogP contribution in [-0.2, 0) is 9.53 Å². The van der Waals surface area contributed by atoms with Crippen molar-refractivity contribution in [3.8, 4) is 0 Å². The standard InChI is InChI=1S/C10H17NO2/c1-4-5-8-7(2)6-9(11-8)10(12)13-3/h4,7-9,11H,1,5-6H2,2-3H3/t7-,8+,9-/m1/s1. The van der Waals surface area contributed by atoms with Crippen LogP contribution in [0.2, 0.25) is 0 Å². The molecule has 1 N–H and O–H groups in total. The van der Waals surface area contributed by atoms with E-state index >= 15 is 0 Å². The van der Waals surface area contributed by atoms with Gasteiger partial charge in [0.25, 0.3) is 0 Å². The molecule has 0 aromatic heterocycles. The summed E-state index contributed by atoms with van der Waals surface area (Å²) < 4.78 is 4.68. The fraction of sp³-hybridized carbons (Fsp3) is 0.700. The minimum atomic E-state index is -0.154. The minimum absolute atomic E-state index is 0.120. The van der Waals surface area contributed by atoms with Crippen molar-refractivity contribution in [2.24, 2.45) is 5.92 Å². The van der Waals surface area contributed by atoms with Crippen LogP contribution < -0.4 is 5.32 Å². The number of rotatable bonds is 3. The zero-order valence-corrected chi connectivity index (χ0v) is 8.25. The molecular weight excluding hydrogens is 166 g/mol. The van der Waals surface area contributed by atoms with Crippen LogP contribution in [-0.4, -0.2) is 25.2 Å². The third kappa shape index (κ3) is 2.31. The van der Waals surface area contributed by atoms with E-state index in [0.29, 0.717) is 12.0 Å². The van der Waals surface area contributed by atoms with Crippen LogP contribution in [0.3, 0.4) is 0 Å². The number of carbonyl (C=O) groups excluding carboxylic acids is 1. The van der Waals surface area contributed by atoms with Gasteiger partial charge in [0.15, 0.2) is 0 Å². The quantitative estimate of drug-likeness (QED) is 0.526. The molecule has 0 radical (unpaired) electrons. The number of hydrogen-bond acceptors (Lipinski definition) is 3. The van der Waals surface area contributed by atoms with E-state index in [0.717, 1.165) is 12.8 Å². The molecule has 1 saturated heterocycles. The minimum Gasteiger partial charge on any atom is -0.468 e. The fourth-order valence-corrected chi connectivity index (χ4v) is 1.81. The Morgan fingerprint density at radius 2 is 2.46 bits per heavy atom. The van der Waals surface area contributed by atoms with Crippen molar-refractivity contribution in [1.82, 2.24) is 5.32 Å². The molecule has 1 rings (SSSR count). The van der Waals surface area contributed by atoms with E-state index in [-0.39, 0.29) is 12.0 Å². The third-order valence-electron chi connectivity index (χ3n) is 2.62. The van der Waals surface area contributed by atoms with Crippen molar-refractivity contribution in [1.29, 1.82) is 0 Å². The molecule has 0 aromatic rings. The van der Waals surface area contributed by atoms with E-state index < -0.39 is 0 Å². The molecule has 3 atom stereocenters. The number of methoxy groups -OCH3 is 1. The Morgan fingerprint density at radius 3 is 3.00 bits per heavy atom. The number of nitrogens with one attached hydrogen (secondary N) is 1.